The Labute approximate surface area is 82.2 Å². The van der Waals surface area contributed by atoms with Crippen LogP contribution in [0.3, 0.4) is 0 Å². The van der Waals surface area contributed by atoms with Crippen LogP contribution in [0.2, 0.25) is 0 Å². The minimum atomic E-state index is 0.726. The molecule has 0 N–H and O–H groups in total. The Morgan fingerprint density at radius 3 is 3.08 bits per heavy atom. The number of aromatic nitrogens is 1. The molecule has 0 aromatic carbocycles. The average Bonchev–Trinajstić information content (AvgIpc) is 2.19. The van der Waals surface area contributed by atoms with Gasteiger partial charge in [0, 0.05) is 17.4 Å². The second-order valence-corrected chi connectivity index (χ2v) is 3.28. The highest BCUT2D eigenvalue weighted by molar-refractivity contribution is 6.30. The summed E-state index contributed by atoms with van der Waals surface area (Å²) >= 11 is 5.91. The number of hydrogen-bond acceptors (Lipinski definition) is 2. The number of anilines is 1. The van der Waals surface area contributed by atoms with E-state index in [-0.39, 0.29) is 0 Å². The molecular weight excluding hydrogens is 184 g/mol. The summed E-state index contributed by atoms with van der Waals surface area (Å²) in [5, 5.41) is 0.839. The van der Waals surface area contributed by atoms with Crippen molar-refractivity contribution in [2.45, 2.75) is 0 Å². The van der Waals surface area contributed by atoms with Gasteiger partial charge < -0.3 is 4.90 Å². The van der Waals surface area contributed by atoms with Crippen LogP contribution in [0.15, 0.2) is 47.9 Å². The molecule has 0 unspecified atom stereocenters. The van der Waals surface area contributed by atoms with Crippen LogP contribution in [-0.2, 0) is 0 Å². The molecule has 1 aliphatic heterocycles. The van der Waals surface area contributed by atoms with E-state index in [1.807, 2.05) is 36.7 Å². The molecule has 0 saturated heterocycles. The summed E-state index contributed by atoms with van der Waals surface area (Å²) in [6, 6.07) is 3.92. The van der Waals surface area contributed by atoms with Crippen molar-refractivity contribution in [1.29, 1.82) is 0 Å². The lowest BCUT2D eigenvalue weighted by molar-refractivity contribution is 1.05. The van der Waals surface area contributed by atoms with Gasteiger partial charge in [-0.2, -0.15) is 0 Å². The van der Waals surface area contributed by atoms with Crippen molar-refractivity contribution in [1.82, 2.24) is 4.98 Å². The summed E-state index contributed by atoms with van der Waals surface area (Å²) in [5.74, 6) is 0. The number of pyridine rings is 1. The third-order valence-corrected chi connectivity index (χ3v) is 2.09. The Morgan fingerprint density at radius 2 is 2.38 bits per heavy atom. The van der Waals surface area contributed by atoms with E-state index < -0.39 is 0 Å². The van der Waals surface area contributed by atoms with E-state index in [1.165, 1.54) is 0 Å². The molecule has 0 atom stereocenters. The van der Waals surface area contributed by atoms with Crippen molar-refractivity contribution >= 4 is 17.3 Å². The smallest absolute Gasteiger partial charge is 0.0596 e. The van der Waals surface area contributed by atoms with E-state index in [0.717, 1.165) is 17.3 Å². The first kappa shape index (κ1) is 8.32. The summed E-state index contributed by atoms with van der Waals surface area (Å²) in [6.45, 7) is 0.726. The van der Waals surface area contributed by atoms with Crippen LogP contribution in [-0.4, -0.2) is 11.5 Å². The van der Waals surface area contributed by atoms with E-state index in [4.69, 9.17) is 11.6 Å². The highest BCUT2D eigenvalue weighted by Gasteiger charge is 2.06. The summed E-state index contributed by atoms with van der Waals surface area (Å²) in [7, 11) is 0. The van der Waals surface area contributed by atoms with Gasteiger partial charge >= 0.3 is 0 Å². The van der Waals surface area contributed by atoms with Crippen LogP contribution < -0.4 is 4.90 Å². The Balaban J connectivity index is 2.21. The van der Waals surface area contributed by atoms with E-state index in [2.05, 4.69) is 9.88 Å². The highest BCUT2D eigenvalue weighted by atomic mass is 35.5. The molecule has 1 aliphatic rings. The number of nitrogens with zero attached hydrogens (tertiary/aromatic N) is 2. The minimum absolute atomic E-state index is 0.726. The maximum Gasteiger partial charge on any atom is 0.0596 e. The normalized spacial score (nSPS) is 15.8. The molecular formula is C10H9ClN2. The van der Waals surface area contributed by atoms with Gasteiger partial charge in [-0.1, -0.05) is 11.6 Å². The van der Waals surface area contributed by atoms with Crippen molar-refractivity contribution in [2.75, 3.05) is 11.4 Å². The number of halogens is 1. The van der Waals surface area contributed by atoms with Gasteiger partial charge in [-0.15, -0.1) is 0 Å². The number of rotatable bonds is 1. The number of allylic oxidation sites excluding steroid dienone is 2. The molecule has 1 aromatic heterocycles. The first-order valence-corrected chi connectivity index (χ1v) is 4.43. The first-order valence-electron chi connectivity index (χ1n) is 4.06. The molecule has 0 radical (unpaired) electrons. The molecule has 3 heteroatoms. The molecule has 2 nitrogen and oxygen atoms in total. The quantitative estimate of drug-likeness (QED) is 0.680. The Kier molecular flexibility index (Phi) is 2.32. The van der Waals surface area contributed by atoms with Crippen molar-refractivity contribution < 1.29 is 0 Å². The second-order valence-electron chi connectivity index (χ2n) is 2.79. The first-order chi connectivity index (χ1) is 6.36. The van der Waals surface area contributed by atoms with E-state index >= 15 is 0 Å². The van der Waals surface area contributed by atoms with Crippen molar-refractivity contribution in [3.8, 4) is 0 Å². The topological polar surface area (TPSA) is 16.1 Å². The summed E-state index contributed by atoms with van der Waals surface area (Å²) < 4.78 is 0. The third kappa shape index (κ3) is 1.90. The largest absolute Gasteiger partial charge is 0.341 e. The van der Waals surface area contributed by atoms with Gasteiger partial charge in [0.1, 0.15) is 0 Å². The lowest BCUT2D eigenvalue weighted by atomic mass is 10.3. The molecule has 0 saturated carbocycles. The molecule has 66 valence electrons. The third-order valence-electron chi connectivity index (χ3n) is 1.84. The maximum atomic E-state index is 5.91. The fourth-order valence-corrected chi connectivity index (χ4v) is 1.42. The minimum Gasteiger partial charge on any atom is -0.341 e. The van der Waals surface area contributed by atoms with E-state index in [1.54, 1.807) is 6.20 Å². The molecule has 1 aromatic rings. The summed E-state index contributed by atoms with van der Waals surface area (Å²) in [4.78, 5) is 6.10. The maximum absolute atomic E-state index is 5.91. The monoisotopic (exact) mass is 192 g/mol. The van der Waals surface area contributed by atoms with Gasteiger partial charge in [0.2, 0.25) is 0 Å². The van der Waals surface area contributed by atoms with Crippen LogP contribution in [0.1, 0.15) is 0 Å². The summed E-state index contributed by atoms with van der Waals surface area (Å²) in [6.07, 6.45) is 9.39. The van der Waals surface area contributed by atoms with Gasteiger partial charge in [-0.05, 0) is 24.3 Å². The number of hydrogen-bond donors (Lipinski definition) is 0. The van der Waals surface area contributed by atoms with Gasteiger partial charge in [0.25, 0.3) is 0 Å². The molecule has 13 heavy (non-hydrogen) atoms. The molecule has 0 fully saturated rings. The highest BCUT2D eigenvalue weighted by Crippen LogP contribution is 2.18. The predicted molar refractivity (Wildman–Crippen MR) is 54.7 cm³/mol. The van der Waals surface area contributed by atoms with E-state index in [0.29, 0.717) is 0 Å². The predicted octanol–water partition coefficient (Wildman–Crippen LogP) is 2.54. The van der Waals surface area contributed by atoms with Crippen LogP contribution >= 0.6 is 11.6 Å². The zero-order valence-corrected chi connectivity index (χ0v) is 7.78. The zero-order valence-electron chi connectivity index (χ0n) is 7.02. The fourth-order valence-electron chi connectivity index (χ4n) is 1.22. The second kappa shape index (κ2) is 3.62. The van der Waals surface area contributed by atoms with Crippen LogP contribution in [0.25, 0.3) is 0 Å². The van der Waals surface area contributed by atoms with Gasteiger partial charge in [-0.3, -0.25) is 4.98 Å². The molecule has 2 rings (SSSR count). The van der Waals surface area contributed by atoms with Gasteiger partial charge in [-0.25, -0.2) is 0 Å². The van der Waals surface area contributed by atoms with Crippen molar-refractivity contribution in [3.05, 3.63) is 47.9 Å². The lowest BCUT2D eigenvalue weighted by Gasteiger charge is -2.21. The van der Waals surface area contributed by atoms with Crippen LogP contribution in [0.5, 0.6) is 0 Å². The SMILES string of the molecule is ClC1=CC=CN(c2cccnc2)C1. The fraction of sp³-hybridized carbons (Fsp3) is 0.100. The Hall–Kier alpha value is -1.28. The van der Waals surface area contributed by atoms with Crippen LogP contribution in [0, 0.1) is 0 Å². The molecule has 0 aliphatic carbocycles. The molecule has 0 bridgehead atoms. The van der Waals surface area contributed by atoms with Crippen molar-refractivity contribution in [3.63, 3.8) is 0 Å². The summed E-state index contributed by atoms with van der Waals surface area (Å²) in [5.41, 5.74) is 1.06. The zero-order chi connectivity index (χ0) is 9.10. The lowest BCUT2D eigenvalue weighted by Crippen LogP contribution is -2.19. The molecule has 2 heterocycles. The standard InChI is InChI=1S/C10H9ClN2/c11-9-3-2-6-13(8-9)10-4-1-5-12-7-10/h1-7H,8H2. The molecule has 0 amide bonds. The average molecular weight is 193 g/mol. The van der Waals surface area contributed by atoms with Crippen LogP contribution in [0.4, 0.5) is 5.69 Å². The Bertz CT molecular complexity index is 343. The van der Waals surface area contributed by atoms with E-state index in [9.17, 15) is 0 Å². The van der Waals surface area contributed by atoms with Crippen molar-refractivity contribution in [2.24, 2.45) is 0 Å². The Morgan fingerprint density at radius 1 is 1.46 bits per heavy atom. The van der Waals surface area contributed by atoms with Gasteiger partial charge in [0.15, 0.2) is 0 Å². The van der Waals surface area contributed by atoms with Gasteiger partial charge in [0.05, 0.1) is 18.4 Å². The molecule has 0 spiro atoms.